The molecule has 0 radical (unpaired) electrons. The third kappa shape index (κ3) is 8.75. The van der Waals surface area contributed by atoms with Gasteiger partial charge in [-0.3, -0.25) is 9.59 Å². The van der Waals surface area contributed by atoms with Gasteiger partial charge in [0.2, 0.25) is 11.8 Å². The molecule has 0 unspecified atom stereocenters. The largest absolute Gasteiger partial charge is 0.310 e. The van der Waals surface area contributed by atoms with Crippen molar-refractivity contribution in [2.75, 3.05) is 32.7 Å². The van der Waals surface area contributed by atoms with Crippen molar-refractivity contribution in [3.05, 3.63) is 131 Å². The van der Waals surface area contributed by atoms with Crippen molar-refractivity contribution in [3.8, 4) is 0 Å². The molecule has 0 atom stereocenters. The Kier molecular flexibility index (Phi) is 11.3. The van der Waals surface area contributed by atoms with Crippen molar-refractivity contribution in [1.82, 2.24) is 0 Å². The number of nitrogens with zero attached hydrogens (tertiary/aromatic N) is 4. The number of amides is 2. The Morgan fingerprint density at radius 1 is 0.383 bits per heavy atom. The Hall–Kier alpha value is -5.36. The second-order valence-electron chi connectivity index (χ2n) is 21.0. The molecule has 0 aliphatic carbocycles. The van der Waals surface area contributed by atoms with E-state index in [4.69, 9.17) is 0 Å². The second-order valence-corrected chi connectivity index (χ2v) is 21.0. The molecule has 2 saturated heterocycles. The van der Waals surface area contributed by atoms with Gasteiger partial charge < -0.3 is 19.6 Å². The third-order valence-corrected chi connectivity index (χ3v) is 12.2. The van der Waals surface area contributed by atoms with E-state index in [2.05, 4.69) is 202 Å². The SMILES string of the molecule is CC(C)(C)c1ccc(N(c2ccc(C(C)(C)C)cc2)c2cc(N3CCCC3=O)c(N(c3ccc(C(C)(C)C)cc3)c3ccc(C(C)(C)C)cc3)cc2N2CCCC2=O)cc1. The molecule has 5 aromatic rings. The molecule has 2 heterocycles. The minimum atomic E-state index is -0.0184. The normalized spacial score (nSPS) is 15.3. The molecule has 6 nitrogen and oxygen atoms in total. The van der Waals surface area contributed by atoms with Crippen LogP contribution in [0.4, 0.5) is 45.5 Å². The summed E-state index contributed by atoms with van der Waals surface area (Å²) in [4.78, 5) is 36.6. The van der Waals surface area contributed by atoms with E-state index in [0.717, 1.165) is 58.3 Å². The van der Waals surface area contributed by atoms with Gasteiger partial charge in [0, 0.05) is 48.7 Å². The van der Waals surface area contributed by atoms with Gasteiger partial charge in [-0.2, -0.15) is 0 Å². The zero-order chi connectivity index (χ0) is 43.4. The second kappa shape index (κ2) is 15.9. The molecule has 0 spiro atoms. The molecule has 60 heavy (non-hydrogen) atoms. The zero-order valence-electron chi connectivity index (χ0n) is 38.2. The number of benzene rings is 5. The number of hydrogen-bond donors (Lipinski definition) is 0. The third-order valence-electron chi connectivity index (χ3n) is 12.2. The van der Waals surface area contributed by atoms with Crippen molar-refractivity contribution in [2.24, 2.45) is 0 Å². The lowest BCUT2D eigenvalue weighted by Crippen LogP contribution is -2.29. The average Bonchev–Trinajstić information content (AvgIpc) is 3.82. The lowest BCUT2D eigenvalue weighted by atomic mass is 9.86. The van der Waals surface area contributed by atoms with Crippen molar-refractivity contribution in [2.45, 2.75) is 130 Å². The monoisotopic (exact) mass is 803 g/mol. The molecule has 6 heteroatoms. The van der Waals surface area contributed by atoms with Crippen LogP contribution in [-0.2, 0) is 31.2 Å². The summed E-state index contributed by atoms with van der Waals surface area (Å²) < 4.78 is 0. The molecule has 0 saturated carbocycles. The van der Waals surface area contributed by atoms with Gasteiger partial charge in [-0.1, -0.05) is 132 Å². The maximum atomic E-state index is 14.0. The first-order chi connectivity index (χ1) is 28.1. The first kappa shape index (κ1) is 42.8. The van der Waals surface area contributed by atoms with Crippen LogP contribution in [0.1, 0.15) is 131 Å². The van der Waals surface area contributed by atoms with E-state index in [1.807, 2.05) is 9.80 Å². The van der Waals surface area contributed by atoms with Crippen LogP contribution in [0.2, 0.25) is 0 Å². The van der Waals surface area contributed by atoms with Gasteiger partial charge in [-0.05, 0) is 117 Å². The molecule has 0 bridgehead atoms. The molecule has 7 rings (SSSR count). The van der Waals surface area contributed by atoms with Gasteiger partial charge >= 0.3 is 0 Å². The summed E-state index contributed by atoms with van der Waals surface area (Å²) in [5, 5.41) is 0. The minimum Gasteiger partial charge on any atom is -0.310 e. The predicted molar refractivity (Wildman–Crippen MR) is 254 cm³/mol. The van der Waals surface area contributed by atoms with E-state index >= 15 is 0 Å². The summed E-state index contributed by atoms with van der Waals surface area (Å²) in [6.07, 6.45) is 2.56. The fourth-order valence-electron chi connectivity index (χ4n) is 8.45. The highest BCUT2D eigenvalue weighted by Gasteiger charge is 2.34. The predicted octanol–water partition coefficient (Wildman–Crippen LogP) is 14.1. The Morgan fingerprint density at radius 3 is 0.800 bits per heavy atom. The number of rotatable bonds is 8. The first-order valence-electron chi connectivity index (χ1n) is 21.9. The number of hydrogen-bond acceptors (Lipinski definition) is 4. The van der Waals surface area contributed by atoms with Crippen LogP contribution in [0.15, 0.2) is 109 Å². The van der Waals surface area contributed by atoms with E-state index in [-0.39, 0.29) is 33.5 Å². The molecule has 314 valence electrons. The standard InChI is InChI=1S/C54H66N4O2/c1-51(2,3)37-17-25-41(26-18-37)57(42-27-19-38(20-28-42)52(4,5)6)47-35-46(56-34-14-16-50(56)60)48(36-45(47)55-33-13-15-49(55)59)58(43-29-21-39(22-30-43)53(7,8)9)44-31-23-40(24-32-44)54(10,11)12/h17-32,35-36H,13-16,33-34H2,1-12H3. The van der Waals surface area contributed by atoms with E-state index in [1.54, 1.807) is 0 Å². The van der Waals surface area contributed by atoms with E-state index in [0.29, 0.717) is 25.9 Å². The highest BCUT2D eigenvalue weighted by atomic mass is 16.2. The molecule has 2 aliphatic rings. The van der Waals surface area contributed by atoms with Crippen molar-refractivity contribution in [3.63, 3.8) is 0 Å². The lowest BCUT2D eigenvalue weighted by Gasteiger charge is -2.36. The number of carbonyl (C=O) groups is 2. The molecule has 0 N–H and O–H groups in total. The maximum absolute atomic E-state index is 14.0. The Morgan fingerprint density at radius 2 is 0.617 bits per heavy atom. The van der Waals surface area contributed by atoms with Gasteiger partial charge in [0.15, 0.2) is 0 Å². The Labute approximate surface area is 360 Å². The van der Waals surface area contributed by atoms with E-state index in [9.17, 15) is 9.59 Å². The molecule has 2 amide bonds. The van der Waals surface area contributed by atoms with E-state index in [1.165, 1.54) is 22.3 Å². The highest BCUT2D eigenvalue weighted by molar-refractivity contribution is 6.07. The van der Waals surface area contributed by atoms with Crippen molar-refractivity contribution >= 4 is 57.3 Å². The maximum Gasteiger partial charge on any atom is 0.227 e. The Balaban J connectivity index is 1.54. The smallest absolute Gasteiger partial charge is 0.227 e. The molecular formula is C54H66N4O2. The molecule has 0 aromatic heterocycles. The summed E-state index contributed by atoms with van der Waals surface area (Å²) in [6.45, 7) is 28.1. The van der Waals surface area contributed by atoms with Gasteiger partial charge in [-0.25, -0.2) is 0 Å². The van der Waals surface area contributed by atoms with Crippen LogP contribution in [0.25, 0.3) is 0 Å². The van der Waals surface area contributed by atoms with Crippen LogP contribution >= 0.6 is 0 Å². The van der Waals surface area contributed by atoms with Gasteiger partial charge in [0.05, 0.1) is 22.7 Å². The number of carbonyl (C=O) groups excluding carboxylic acids is 2. The summed E-state index contributed by atoms with van der Waals surface area (Å²) in [7, 11) is 0. The summed E-state index contributed by atoms with van der Waals surface area (Å²) in [5.74, 6) is 0.211. The summed E-state index contributed by atoms with van der Waals surface area (Å²) >= 11 is 0. The van der Waals surface area contributed by atoms with Crippen LogP contribution < -0.4 is 19.6 Å². The fourth-order valence-corrected chi connectivity index (χ4v) is 8.45. The molecule has 2 fully saturated rings. The minimum absolute atomic E-state index is 0.0184. The van der Waals surface area contributed by atoms with Crippen LogP contribution in [0, 0.1) is 0 Å². The summed E-state index contributed by atoms with van der Waals surface area (Å²) in [5.41, 5.74) is 12.2. The van der Waals surface area contributed by atoms with Gasteiger partial charge in [-0.15, -0.1) is 0 Å². The molecular weight excluding hydrogens is 737 g/mol. The Bertz CT molecular complexity index is 2050. The average molecular weight is 803 g/mol. The van der Waals surface area contributed by atoms with Crippen molar-refractivity contribution < 1.29 is 9.59 Å². The van der Waals surface area contributed by atoms with E-state index < -0.39 is 0 Å². The van der Waals surface area contributed by atoms with Crippen molar-refractivity contribution in [1.29, 1.82) is 0 Å². The summed E-state index contributed by atoms with van der Waals surface area (Å²) in [6, 6.07) is 39.7. The van der Waals surface area contributed by atoms with Gasteiger partial charge in [0.25, 0.3) is 0 Å². The fraction of sp³-hybridized carbons (Fsp3) is 0.407. The molecule has 5 aromatic carbocycles. The zero-order valence-corrected chi connectivity index (χ0v) is 38.2. The van der Waals surface area contributed by atoms with Crippen LogP contribution in [0.5, 0.6) is 0 Å². The topological polar surface area (TPSA) is 47.1 Å². The number of anilines is 8. The highest BCUT2D eigenvalue weighted by Crippen LogP contribution is 2.51. The van der Waals surface area contributed by atoms with Gasteiger partial charge in [0.1, 0.15) is 0 Å². The van der Waals surface area contributed by atoms with Crippen LogP contribution in [0.3, 0.4) is 0 Å². The quantitative estimate of drug-likeness (QED) is 0.157. The lowest BCUT2D eigenvalue weighted by molar-refractivity contribution is -0.117. The molecule has 2 aliphatic heterocycles. The first-order valence-corrected chi connectivity index (χ1v) is 21.9. The van der Waals surface area contributed by atoms with Crippen LogP contribution in [-0.4, -0.2) is 24.9 Å².